The lowest BCUT2D eigenvalue weighted by molar-refractivity contribution is 0.0321. The van der Waals surface area contributed by atoms with Crippen molar-refractivity contribution in [3.05, 3.63) is 46.5 Å². The molecule has 0 aromatic heterocycles. The second-order valence-electron chi connectivity index (χ2n) is 16.2. The number of hydrogen-bond donors (Lipinski definition) is 0. The van der Waals surface area contributed by atoms with Crippen molar-refractivity contribution >= 4 is 0 Å². The number of unbranched alkanes of at least 4 members (excludes halogenated alkanes) is 20. The number of rotatable bonds is 34. The minimum atomic E-state index is -1.31. The van der Waals surface area contributed by atoms with Crippen molar-refractivity contribution in [1.29, 1.82) is 0 Å². The minimum absolute atomic E-state index is 0.575. The lowest BCUT2D eigenvalue weighted by Crippen LogP contribution is -2.43. The average molecular weight is 801 g/mol. The number of ether oxygens (including phenoxy) is 6. The van der Waals surface area contributed by atoms with Gasteiger partial charge in [0.1, 0.15) is 0 Å². The number of terminal acetylenes is 2. The van der Waals surface area contributed by atoms with Gasteiger partial charge in [-0.3, -0.25) is 0 Å². The van der Waals surface area contributed by atoms with E-state index in [4.69, 9.17) is 41.3 Å². The van der Waals surface area contributed by atoms with E-state index in [1.165, 1.54) is 103 Å². The molecule has 2 aromatic carbocycles. The molecule has 0 radical (unpaired) electrons. The largest absolute Gasteiger partial charge is 0.490 e. The first kappa shape index (κ1) is 49.0. The molecule has 0 unspecified atom stereocenters. The number of hydrogen-bond acceptors (Lipinski definition) is 6. The van der Waals surface area contributed by atoms with Gasteiger partial charge in [0.05, 0.1) is 26.4 Å². The predicted octanol–water partition coefficient (Wildman–Crippen LogP) is 14.0. The lowest BCUT2D eigenvalue weighted by Gasteiger charge is -2.44. The first-order valence-corrected chi connectivity index (χ1v) is 23.4. The van der Waals surface area contributed by atoms with Crippen LogP contribution in [-0.2, 0) is 20.7 Å². The van der Waals surface area contributed by atoms with Crippen LogP contribution in [0.3, 0.4) is 0 Å². The molecule has 6 heteroatoms. The molecule has 58 heavy (non-hydrogen) atoms. The van der Waals surface area contributed by atoms with Crippen LogP contribution in [-0.4, -0.2) is 40.6 Å². The molecule has 2 aromatic rings. The molecule has 0 heterocycles. The van der Waals surface area contributed by atoms with Crippen molar-refractivity contribution in [2.24, 2.45) is 0 Å². The number of benzene rings is 2. The van der Waals surface area contributed by atoms with Gasteiger partial charge in [-0.05, 0) is 49.9 Å². The Morgan fingerprint density at radius 2 is 0.569 bits per heavy atom. The van der Waals surface area contributed by atoms with Gasteiger partial charge in [0.15, 0.2) is 34.2 Å². The fourth-order valence-corrected chi connectivity index (χ4v) is 8.15. The van der Waals surface area contributed by atoms with Crippen molar-refractivity contribution in [3.8, 4) is 47.7 Å². The first-order chi connectivity index (χ1) is 28.5. The summed E-state index contributed by atoms with van der Waals surface area (Å²) in [7, 11) is 3.31. The first-order valence-electron chi connectivity index (χ1n) is 23.4. The van der Waals surface area contributed by atoms with Crippen LogP contribution in [0, 0.1) is 24.7 Å². The molecule has 1 aliphatic carbocycles. The Morgan fingerprint density at radius 3 is 0.759 bits per heavy atom. The summed E-state index contributed by atoms with van der Waals surface area (Å²) < 4.78 is 39.2. The second kappa shape index (κ2) is 28.2. The third-order valence-electron chi connectivity index (χ3n) is 11.7. The van der Waals surface area contributed by atoms with E-state index in [-0.39, 0.29) is 0 Å². The molecule has 0 bridgehead atoms. The quantitative estimate of drug-likeness (QED) is 0.0519. The summed E-state index contributed by atoms with van der Waals surface area (Å²) in [6.07, 6.45) is 41.2. The van der Waals surface area contributed by atoms with Crippen molar-refractivity contribution < 1.29 is 28.4 Å². The van der Waals surface area contributed by atoms with Crippen LogP contribution < -0.4 is 18.9 Å². The van der Waals surface area contributed by atoms with E-state index in [1.54, 1.807) is 14.2 Å². The fourth-order valence-electron chi connectivity index (χ4n) is 8.15. The van der Waals surface area contributed by atoms with E-state index in [1.807, 2.05) is 24.3 Å². The minimum Gasteiger partial charge on any atom is -0.490 e. The van der Waals surface area contributed by atoms with Crippen LogP contribution in [0.2, 0.25) is 0 Å². The zero-order valence-electron chi connectivity index (χ0n) is 37.7. The summed E-state index contributed by atoms with van der Waals surface area (Å²) in [5.41, 5.74) is 0.204. The number of methoxy groups -OCH3 is 2. The van der Waals surface area contributed by atoms with Crippen LogP contribution in [0.5, 0.6) is 23.0 Å². The van der Waals surface area contributed by atoms with Crippen LogP contribution in [0.4, 0.5) is 0 Å². The summed E-state index contributed by atoms with van der Waals surface area (Å²) in [6, 6.07) is 7.95. The summed E-state index contributed by atoms with van der Waals surface area (Å²) in [4.78, 5) is 0. The molecule has 0 atom stereocenters. The summed E-state index contributed by atoms with van der Waals surface area (Å²) in [5, 5.41) is 0. The van der Waals surface area contributed by atoms with E-state index in [2.05, 4.69) is 39.5 Å². The molecular weight excluding hydrogens is 721 g/mol. The predicted molar refractivity (Wildman–Crippen MR) is 242 cm³/mol. The van der Waals surface area contributed by atoms with E-state index in [0.717, 1.165) is 51.4 Å². The zero-order valence-corrected chi connectivity index (χ0v) is 37.7. The molecular formula is C52H80O6. The van der Waals surface area contributed by atoms with Gasteiger partial charge < -0.3 is 28.4 Å². The van der Waals surface area contributed by atoms with Gasteiger partial charge in [0.25, 0.3) is 0 Å². The monoisotopic (exact) mass is 801 g/mol. The SMILES string of the molecule is C#CC1(OC)c2cc(OCCCCCCCC)c(OCCCCCCCC)cc2C(C#C)(OC)c2cc(OCCCCCCCC)c(OCCCCCCCC)cc21. The zero-order chi connectivity index (χ0) is 41.9. The maximum Gasteiger partial charge on any atom is 0.180 e. The average Bonchev–Trinajstić information content (AvgIpc) is 3.24. The van der Waals surface area contributed by atoms with Crippen LogP contribution in [0.25, 0.3) is 0 Å². The Kier molecular flexibility index (Phi) is 23.8. The smallest absolute Gasteiger partial charge is 0.180 e. The standard InChI is InChI=1S/C52H80O6/c1-9-15-19-23-27-31-35-55-47-39-43-44(40-48(47)56-36-32-28-24-20-16-10-2)52(14-6,54-8)46-42-50(58-38-34-30-26-22-18-12-4)49(41-45(46)51(43,13-5)53-7)57-37-33-29-25-21-17-11-3/h5-6,39-42H,9-12,15-38H2,1-4,7-8H3. The topological polar surface area (TPSA) is 55.4 Å². The van der Waals surface area contributed by atoms with Gasteiger partial charge in [-0.15, -0.1) is 12.8 Å². The molecule has 6 nitrogen and oxygen atoms in total. The fraction of sp³-hybridized carbons (Fsp3) is 0.692. The van der Waals surface area contributed by atoms with E-state index < -0.39 is 11.2 Å². The molecule has 0 amide bonds. The molecule has 1 aliphatic rings. The third-order valence-corrected chi connectivity index (χ3v) is 11.7. The maximum absolute atomic E-state index is 6.57. The molecule has 0 N–H and O–H groups in total. The highest BCUT2D eigenvalue weighted by molar-refractivity contribution is 5.69. The molecule has 0 fully saturated rings. The maximum atomic E-state index is 6.57. The Morgan fingerprint density at radius 1 is 0.362 bits per heavy atom. The van der Waals surface area contributed by atoms with Gasteiger partial charge in [-0.2, -0.15) is 0 Å². The molecule has 0 aliphatic heterocycles. The van der Waals surface area contributed by atoms with Gasteiger partial charge in [0, 0.05) is 36.5 Å². The summed E-state index contributed by atoms with van der Waals surface area (Å²) in [6.45, 7) is 11.3. The Labute approximate surface area is 355 Å². The van der Waals surface area contributed by atoms with E-state index in [9.17, 15) is 0 Å². The second-order valence-corrected chi connectivity index (χ2v) is 16.2. The van der Waals surface area contributed by atoms with Crippen molar-refractivity contribution in [3.63, 3.8) is 0 Å². The van der Waals surface area contributed by atoms with Crippen LogP contribution >= 0.6 is 0 Å². The third kappa shape index (κ3) is 13.9. The van der Waals surface area contributed by atoms with Gasteiger partial charge in [-0.1, -0.05) is 168 Å². The summed E-state index contributed by atoms with van der Waals surface area (Å²) >= 11 is 0. The molecule has 0 spiro atoms. The van der Waals surface area contributed by atoms with Gasteiger partial charge in [0.2, 0.25) is 0 Å². The van der Waals surface area contributed by atoms with Crippen LogP contribution in [0.1, 0.15) is 204 Å². The highest BCUT2D eigenvalue weighted by atomic mass is 16.5. The highest BCUT2D eigenvalue weighted by Gasteiger charge is 2.52. The molecule has 324 valence electrons. The Balaban J connectivity index is 2.09. The van der Waals surface area contributed by atoms with Crippen molar-refractivity contribution in [2.75, 3.05) is 40.6 Å². The summed E-state index contributed by atoms with van der Waals surface area (Å²) in [5.74, 6) is 8.68. The van der Waals surface area contributed by atoms with Crippen molar-refractivity contribution in [1.82, 2.24) is 0 Å². The Hall–Kier alpha value is -3.32. The van der Waals surface area contributed by atoms with Crippen LogP contribution in [0.15, 0.2) is 24.3 Å². The van der Waals surface area contributed by atoms with E-state index in [0.29, 0.717) is 71.7 Å². The molecule has 0 saturated heterocycles. The molecule has 0 saturated carbocycles. The van der Waals surface area contributed by atoms with Gasteiger partial charge in [-0.25, -0.2) is 0 Å². The normalized spacial score (nSPS) is 16.9. The Bertz CT molecular complexity index is 1310. The lowest BCUT2D eigenvalue weighted by atomic mass is 9.67. The van der Waals surface area contributed by atoms with Gasteiger partial charge >= 0.3 is 0 Å². The van der Waals surface area contributed by atoms with E-state index >= 15 is 0 Å². The molecule has 3 rings (SSSR count). The van der Waals surface area contributed by atoms with Crippen molar-refractivity contribution in [2.45, 2.75) is 193 Å². The highest BCUT2D eigenvalue weighted by Crippen LogP contribution is 2.55. The number of fused-ring (bicyclic) bond motifs is 2.